The van der Waals surface area contributed by atoms with Gasteiger partial charge in [0.1, 0.15) is 18.0 Å². The molecule has 0 aromatic carbocycles. The lowest BCUT2D eigenvalue weighted by molar-refractivity contribution is -0.0610. The largest absolute Gasteiger partial charge is 0.394 e. The van der Waals surface area contributed by atoms with Crippen LogP contribution in [0, 0.1) is 0 Å². The smallest absolute Gasteiger partial charge is 0.351 e. The van der Waals surface area contributed by atoms with Gasteiger partial charge in [0.05, 0.1) is 6.61 Å². The molecular weight excluding hydrogens is 245 g/mol. The monoisotopic (exact) mass is 259 g/mol. The fraction of sp³-hybridized carbons (Fsp3) is 0.600. The van der Waals surface area contributed by atoms with Crippen LogP contribution in [-0.4, -0.2) is 44.2 Å². The molecule has 4 atom stereocenters. The zero-order valence-electron chi connectivity index (χ0n) is 9.65. The van der Waals surface area contributed by atoms with Crippen molar-refractivity contribution >= 4 is 5.82 Å². The summed E-state index contributed by atoms with van der Waals surface area (Å²) in [5.74, 6) is 0.00839. The Morgan fingerprint density at radius 2 is 2.39 bits per heavy atom. The van der Waals surface area contributed by atoms with Gasteiger partial charge in [0.2, 0.25) is 0 Å². The molecule has 1 aliphatic rings. The van der Waals surface area contributed by atoms with E-state index in [0.717, 1.165) is 11.5 Å². The van der Waals surface area contributed by atoms with Crippen LogP contribution in [0.4, 0.5) is 10.2 Å². The molecule has 0 radical (unpaired) electrons. The molecule has 0 amide bonds. The van der Waals surface area contributed by atoms with Crippen molar-refractivity contribution in [3.8, 4) is 0 Å². The minimum absolute atomic E-state index is 0.00839. The molecule has 1 aromatic rings. The molecule has 1 saturated heterocycles. The van der Waals surface area contributed by atoms with Crippen molar-refractivity contribution in [2.24, 2.45) is 0 Å². The first-order chi connectivity index (χ1) is 8.37. The number of anilines is 1. The number of halogens is 1. The van der Waals surface area contributed by atoms with Crippen LogP contribution in [0.3, 0.4) is 0 Å². The van der Waals surface area contributed by atoms with Crippen molar-refractivity contribution < 1.29 is 19.3 Å². The summed E-state index contributed by atoms with van der Waals surface area (Å²) in [6, 6.07) is 1.32. The van der Waals surface area contributed by atoms with Gasteiger partial charge in [-0.3, -0.25) is 4.57 Å². The molecule has 18 heavy (non-hydrogen) atoms. The van der Waals surface area contributed by atoms with Crippen LogP contribution in [0.5, 0.6) is 0 Å². The highest BCUT2D eigenvalue weighted by Gasteiger charge is 2.55. The van der Waals surface area contributed by atoms with Gasteiger partial charge in [0.25, 0.3) is 0 Å². The van der Waals surface area contributed by atoms with E-state index in [4.69, 9.17) is 15.6 Å². The summed E-state index contributed by atoms with van der Waals surface area (Å²) in [5, 5.41) is 18.6. The molecule has 2 heterocycles. The van der Waals surface area contributed by atoms with Gasteiger partial charge < -0.3 is 20.7 Å². The van der Waals surface area contributed by atoms with Crippen LogP contribution < -0.4 is 11.4 Å². The average Bonchev–Trinajstić information content (AvgIpc) is 2.52. The predicted molar refractivity (Wildman–Crippen MR) is 59.4 cm³/mol. The normalized spacial score (nSPS) is 35.9. The third-order valence-electron chi connectivity index (χ3n) is 3.00. The summed E-state index contributed by atoms with van der Waals surface area (Å²) in [4.78, 5) is 15.1. The highest BCUT2D eigenvalue weighted by molar-refractivity contribution is 5.23. The lowest BCUT2D eigenvalue weighted by Crippen LogP contribution is -2.42. The van der Waals surface area contributed by atoms with Crippen LogP contribution in [0.25, 0.3) is 0 Å². The third-order valence-corrected chi connectivity index (χ3v) is 3.00. The number of rotatable bonds is 2. The van der Waals surface area contributed by atoms with Crippen LogP contribution >= 0.6 is 0 Å². The molecule has 0 bridgehead atoms. The van der Waals surface area contributed by atoms with E-state index >= 15 is 0 Å². The van der Waals surface area contributed by atoms with Gasteiger partial charge in [-0.25, -0.2) is 9.18 Å². The second-order valence-corrected chi connectivity index (χ2v) is 4.35. The Hall–Kier alpha value is -1.51. The average molecular weight is 259 g/mol. The molecular formula is C10H14FN3O4. The maximum Gasteiger partial charge on any atom is 0.351 e. The maximum atomic E-state index is 14.4. The van der Waals surface area contributed by atoms with Gasteiger partial charge in [0, 0.05) is 6.20 Å². The minimum Gasteiger partial charge on any atom is -0.394 e. The zero-order chi connectivity index (χ0) is 13.5. The lowest BCUT2D eigenvalue weighted by Gasteiger charge is -2.24. The van der Waals surface area contributed by atoms with Crippen molar-refractivity contribution in [3.05, 3.63) is 22.7 Å². The van der Waals surface area contributed by atoms with Gasteiger partial charge >= 0.3 is 5.69 Å². The summed E-state index contributed by atoms with van der Waals surface area (Å²) in [6.45, 7) is 0.551. The summed E-state index contributed by atoms with van der Waals surface area (Å²) >= 11 is 0. The zero-order valence-corrected chi connectivity index (χ0v) is 9.65. The molecule has 0 aliphatic carbocycles. The van der Waals surface area contributed by atoms with E-state index in [0.29, 0.717) is 0 Å². The molecule has 1 fully saturated rings. The molecule has 0 spiro atoms. The van der Waals surface area contributed by atoms with Gasteiger partial charge in [-0.1, -0.05) is 0 Å². The number of hydrogen-bond donors (Lipinski definition) is 3. The molecule has 8 heteroatoms. The van der Waals surface area contributed by atoms with Crippen molar-refractivity contribution in [3.63, 3.8) is 0 Å². The quantitative estimate of drug-likeness (QED) is 0.615. The molecule has 1 aromatic heterocycles. The fourth-order valence-electron chi connectivity index (χ4n) is 1.97. The van der Waals surface area contributed by atoms with Crippen molar-refractivity contribution in [2.45, 2.75) is 31.0 Å². The number of aliphatic hydroxyl groups excluding tert-OH is 2. The van der Waals surface area contributed by atoms with Gasteiger partial charge in [0.15, 0.2) is 11.9 Å². The highest BCUT2D eigenvalue weighted by atomic mass is 19.1. The van der Waals surface area contributed by atoms with Crippen LogP contribution in [0.1, 0.15) is 13.2 Å². The third kappa shape index (κ3) is 1.88. The summed E-state index contributed by atoms with van der Waals surface area (Å²) in [7, 11) is 0. The van der Waals surface area contributed by atoms with Crippen LogP contribution in [0.2, 0.25) is 0 Å². The van der Waals surface area contributed by atoms with Crippen molar-refractivity contribution in [1.82, 2.24) is 9.55 Å². The molecule has 4 N–H and O–H groups in total. The number of hydrogen-bond acceptors (Lipinski definition) is 6. The number of nitrogens with zero attached hydrogens (tertiary/aromatic N) is 2. The van der Waals surface area contributed by atoms with E-state index in [2.05, 4.69) is 4.98 Å². The number of nitrogen functional groups attached to an aromatic ring is 1. The second kappa shape index (κ2) is 4.30. The van der Waals surface area contributed by atoms with Crippen molar-refractivity contribution in [2.75, 3.05) is 12.3 Å². The predicted octanol–water partition coefficient (Wildman–Crippen LogP) is -1.20. The maximum absolute atomic E-state index is 14.4. The number of aliphatic hydroxyl groups is 2. The van der Waals surface area contributed by atoms with E-state index < -0.39 is 36.4 Å². The Labute approximate surface area is 102 Å². The van der Waals surface area contributed by atoms with E-state index in [-0.39, 0.29) is 5.82 Å². The molecule has 100 valence electrons. The highest BCUT2D eigenvalue weighted by Crippen LogP contribution is 2.40. The van der Waals surface area contributed by atoms with E-state index in [9.17, 15) is 14.3 Å². The standard InChI is InChI=1S/C10H14FN3O4/c1-10(11)7(16)5(4-15)18-8(10)14-3-2-6(12)13-9(14)17/h2-3,5,7-8,15-16H,4H2,1H3,(H2,12,13,17)/t5?,7?,8-,10-/m1/s1. The SMILES string of the molecule is C[C@@]1(F)C(O)C(CO)O[C@H]1n1ccc(N)nc1=O. The number of alkyl halides is 1. The van der Waals surface area contributed by atoms with Gasteiger partial charge in [-0.15, -0.1) is 0 Å². The number of ether oxygens (including phenoxy) is 1. The molecule has 2 unspecified atom stereocenters. The Kier molecular flexibility index (Phi) is 3.09. The van der Waals surface area contributed by atoms with E-state index in [1.54, 1.807) is 0 Å². The molecule has 1 aliphatic heterocycles. The number of nitrogens with two attached hydrogens (primary N) is 1. The summed E-state index contributed by atoms with van der Waals surface area (Å²) < 4.78 is 20.4. The summed E-state index contributed by atoms with van der Waals surface area (Å²) in [6.07, 6.45) is -2.74. The van der Waals surface area contributed by atoms with Crippen molar-refractivity contribution in [1.29, 1.82) is 0 Å². The Morgan fingerprint density at radius 1 is 1.72 bits per heavy atom. The van der Waals surface area contributed by atoms with E-state index in [1.807, 2.05) is 0 Å². The van der Waals surface area contributed by atoms with Crippen LogP contribution in [-0.2, 0) is 4.74 Å². The first-order valence-electron chi connectivity index (χ1n) is 5.36. The topological polar surface area (TPSA) is 111 Å². The fourth-order valence-corrected chi connectivity index (χ4v) is 1.97. The van der Waals surface area contributed by atoms with Gasteiger partial charge in [-0.2, -0.15) is 4.98 Å². The second-order valence-electron chi connectivity index (χ2n) is 4.35. The Balaban J connectivity index is 2.42. The van der Waals surface area contributed by atoms with Gasteiger partial charge in [-0.05, 0) is 13.0 Å². The molecule has 7 nitrogen and oxygen atoms in total. The molecule has 0 saturated carbocycles. The van der Waals surface area contributed by atoms with E-state index in [1.165, 1.54) is 12.3 Å². The summed E-state index contributed by atoms with van der Waals surface area (Å²) in [5.41, 5.74) is 2.33. The Morgan fingerprint density at radius 3 is 2.89 bits per heavy atom. The first kappa shape index (κ1) is 12.9. The molecule has 2 rings (SSSR count). The minimum atomic E-state index is -2.21. The Bertz CT molecular complexity index is 504. The van der Waals surface area contributed by atoms with Crippen LogP contribution in [0.15, 0.2) is 17.1 Å². The first-order valence-corrected chi connectivity index (χ1v) is 5.36. The lowest BCUT2D eigenvalue weighted by atomic mass is 9.98. The number of aromatic nitrogens is 2.